The van der Waals surface area contributed by atoms with E-state index in [9.17, 15) is 27.2 Å². The molecule has 33 heavy (non-hydrogen) atoms. The first-order valence-corrected chi connectivity index (χ1v) is 10.2. The maximum absolute atomic E-state index is 14.6. The van der Waals surface area contributed by atoms with Gasteiger partial charge in [-0.05, 0) is 22.6 Å². The molecule has 0 aliphatic carbocycles. The van der Waals surface area contributed by atoms with Crippen LogP contribution in [0, 0.1) is 5.82 Å². The standard InChI is InChI=1S/C23H21ClF4N2O3/c1-22(2,3)14-7-5-13(6-8-14)12-33-18-10-17(16(25)9-15(18)24)30-20(31)11-19(23(26,27)28)29(4)21(30)32/h5-11H,12H2,1-4H3. The molecule has 3 aromatic rings. The van der Waals surface area contributed by atoms with Gasteiger partial charge < -0.3 is 4.74 Å². The van der Waals surface area contributed by atoms with Gasteiger partial charge in [0.1, 0.15) is 23.9 Å². The van der Waals surface area contributed by atoms with Crippen molar-refractivity contribution in [1.29, 1.82) is 0 Å². The summed E-state index contributed by atoms with van der Waals surface area (Å²) in [7, 11) is 0.841. The Balaban J connectivity index is 1.98. The van der Waals surface area contributed by atoms with E-state index in [2.05, 4.69) is 20.8 Å². The summed E-state index contributed by atoms with van der Waals surface area (Å²) in [5, 5.41) is -0.126. The van der Waals surface area contributed by atoms with E-state index in [0.29, 0.717) is 4.57 Å². The molecule has 176 valence electrons. The number of halogens is 5. The van der Waals surface area contributed by atoms with Gasteiger partial charge in [-0.1, -0.05) is 56.6 Å². The lowest BCUT2D eigenvalue weighted by Gasteiger charge is -2.19. The van der Waals surface area contributed by atoms with Crippen LogP contribution in [0.3, 0.4) is 0 Å². The van der Waals surface area contributed by atoms with Crippen LogP contribution in [0.5, 0.6) is 5.75 Å². The molecule has 10 heteroatoms. The van der Waals surface area contributed by atoms with Gasteiger partial charge in [0.2, 0.25) is 0 Å². The normalized spacial score (nSPS) is 12.2. The number of benzene rings is 2. The van der Waals surface area contributed by atoms with Crippen LogP contribution in [0.4, 0.5) is 17.6 Å². The summed E-state index contributed by atoms with van der Waals surface area (Å²) in [6, 6.07) is 9.68. The molecule has 0 radical (unpaired) electrons. The van der Waals surface area contributed by atoms with Crippen molar-refractivity contribution in [2.45, 2.75) is 39.0 Å². The van der Waals surface area contributed by atoms with E-state index >= 15 is 0 Å². The van der Waals surface area contributed by atoms with E-state index in [1.807, 2.05) is 24.3 Å². The summed E-state index contributed by atoms with van der Waals surface area (Å²) >= 11 is 6.05. The fourth-order valence-electron chi connectivity index (χ4n) is 3.18. The van der Waals surface area contributed by atoms with Crippen LogP contribution in [0.1, 0.15) is 37.6 Å². The van der Waals surface area contributed by atoms with E-state index in [0.717, 1.165) is 30.3 Å². The summed E-state index contributed by atoms with van der Waals surface area (Å²) in [6.07, 6.45) is -4.93. The van der Waals surface area contributed by atoms with Crippen molar-refractivity contribution in [3.63, 3.8) is 0 Å². The molecule has 0 saturated heterocycles. The van der Waals surface area contributed by atoms with Gasteiger partial charge in [-0.3, -0.25) is 9.36 Å². The summed E-state index contributed by atoms with van der Waals surface area (Å²) in [5.41, 5.74) is -2.85. The van der Waals surface area contributed by atoms with Crippen molar-refractivity contribution in [3.05, 3.63) is 91.0 Å². The highest BCUT2D eigenvalue weighted by atomic mass is 35.5. The Labute approximate surface area is 191 Å². The van der Waals surface area contributed by atoms with Gasteiger partial charge in [-0.25, -0.2) is 13.8 Å². The molecule has 0 amide bonds. The molecule has 1 aromatic heterocycles. The van der Waals surface area contributed by atoms with Gasteiger partial charge in [-0.2, -0.15) is 13.2 Å². The Morgan fingerprint density at radius 3 is 2.15 bits per heavy atom. The number of hydrogen-bond donors (Lipinski definition) is 0. The molecule has 0 saturated carbocycles. The van der Waals surface area contributed by atoms with Crippen LogP contribution in [0.15, 0.2) is 52.1 Å². The molecule has 0 unspecified atom stereocenters. The first-order chi connectivity index (χ1) is 15.2. The molecule has 0 spiro atoms. The van der Waals surface area contributed by atoms with Crippen molar-refractivity contribution in [2.75, 3.05) is 0 Å². The van der Waals surface area contributed by atoms with Gasteiger partial charge in [0.25, 0.3) is 5.56 Å². The number of alkyl halides is 3. The molecule has 0 aliphatic heterocycles. The SMILES string of the molecule is Cn1c(C(F)(F)F)cc(=O)n(-c2cc(OCc3ccc(C(C)(C)C)cc3)c(Cl)cc2F)c1=O. The number of nitrogens with zero attached hydrogens (tertiary/aromatic N) is 2. The smallest absolute Gasteiger partial charge is 0.431 e. The van der Waals surface area contributed by atoms with Crippen LogP contribution in [0.2, 0.25) is 5.02 Å². The van der Waals surface area contributed by atoms with Crippen LogP contribution in [-0.2, 0) is 25.2 Å². The highest BCUT2D eigenvalue weighted by Gasteiger charge is 2.35. The Kier molecular flexibility index (Phi) is 6.48. The highest BCUT2D eigenvalue weighted by molar-refractivity contribution is 6.32. The van der Waals surface area contributed by atoms with E-state index < -0.39 is 34.6 Å². The Morgan fingerprint density at radius 1 is 1.00 bits per heavy atom. The second kappa shape index (κ2) is 8.70. The zero-order valence-corrected chi connectivity index (χ0v) is 19.0. The monoisotopic (exact) mass is 484 g/mol. The van der Waals surface area contributed by atoms with Crippen molar-refractivity contribution in [1.82, 2.24) is 9.13 Å². The lowest BCUT2D eigenvalue weighted by molar-refractivity contribution is -0.144. The van der Waals surface area contributed by atoms with Gasteiger partial charge >= 0.3 is 11.9 Å². The van der Waals surface area contributed by atoms with E-state index in [1.54, 1.807) is 0 Å². The second-order valence-electron chi connectivity index (χ2n) is 8.51. The number of rotatable bonds is 4. The average molecular weight is 485 g/mol. The zero-order valence-electron chi connectivity index (χ0n) is 18.3. The summed E-state index contributed by atoms with van der Waals surface area (Å²) in [6.45, 7) is 6.28. The number of aromatic nitrogens is 2. The molecule has 5 nitrogen and oxygen atoms in total. The average Bonchev–Trinajstić information content (AvgIpc) is 2.70. The van der Waals surface area contributed by atoms with Gasteiger partial charge in [-0.15, -0.1) is 0 Å². The van der Waals surface area contributed by atoms with Crippen LogP contribution in [-0.4, -0.2) is 9.13 Å². The number of hydrogen-bond acceptors (Lipinski definition) is 3. The van der Waals surface area contributed by atoms with Crippen molar-refractivity contribution < 1.29 is 22.3 Å². The van der Waals surface area contributed by atoms with Crippen molar-refractivity contribution >= 4 is 11.6 Å². The zero-order chi connectivity index (χ0) is 24.7. The van der Waals surface area contributed by atoms with Crippen LogP contribution < -0.4 is 16.0 Å². The van der Waals surface area contributed by atoms with Gasteiger partial charge in [0.05, 0.1) is 10.7 Å². The lowest BCUT2D eigenvalue weighted by Crippen LogP contribution is -2.41. The maximum atomic E-state index is 14.6. The molecule has 0 atom stereocenters. The summed E-state index contributed by atoms with van der Waals surface area (Å²) < 4.78 is 60.0. The van der Waals surface area contributed by atoms with Crippen LogP contribution in [0.25, 0.3) is 5.69 Å². The fourth-order valence-corrected chi connectivity index (χ4v) is 3.39. The molecule has 0 fully saturated rings. The molecular weight excluding hydrogens is 464 g/mol. The third-order valence-electron chi connectivity index (χ3n) is 5.07. The largest absolute Gasteiger partial charge is 0.487 e. The third kappa shape index (κ3) is 5.13. The quantitative estimate of drug-likeness (QED) is 0.477. The predicted molar refractivity (Wildman–Crippen MR) is 117 cm³/mol. The minimum Gasteiger partial charge on any atom is -0.487 e. The Morgan fingerprint density at radius 2 is 1.61 bits per heavy atom. The molecule has 1 heterocycles. The molecule has 0 bridgehead atoms. The molecular formula is C23H21ClF4N2O3. The first kappa shape index (κ1) is 24.6. The Bertz CT molecular complexity index is 1300. The molecule has 0 aliphatic rings. The molecule has 2 aromatic carbocycles. The minimum absolute atomic E-state index is 0.0321. The minimum atomic E-state index is -4.93. The van der Waals surface area contributed by atoms with Crippen molar-refractivity contribution in [2.24, 2.45) is 7.05 Å². The summed E-state index contributed by atoms with van der Waals surface area (Å²) in [5.74, 6) is -1.11. The second-order valence-corrected chi connectivity index (χ2v) is 8.92. The first-order valence-electron chi connectivity index (χ1n) is 9.82. The highest BCUT2D eigenvalue weighted by Crippen LogP contribution is 2.31. The van der Waals surface area contributed by atoms with Gasteiger partial charge in [0, 0.05) is 19.2 Å². The number of ether oxygens (including phenoxy) is 1. The van der Waals surface area contributed by atoms with Crippen LogP contribution >= 0.6 is 11.6 Å². The third-order valence-corrected chi connectivity index (χ3v) is 5.36. The topological polar surface area (TPSA) is 53.2 Å². The molecule has 3 rings (SSSR count). The van der Waals surface area contributed by atoms with Gasteiger partial charge in [0.15, 0.2) is 0 Å². The lowest BCUT2D eigenvalue weighted by atomic mass is 9.87. The molecule has 0 N–H and O–H groups in total. The Hall–Kier alpha value is -3.07. The van der Waals surface area contributed by atoms with E-state index in [1.165, 1.54) is 0 Å². The van der Waals surface area contributed by atoms with E-state index in [4.69, 9.17) is 16.3 Å². The summed E-state index contributed by atoms with van der Waals surface area (Å²) in [4.78, 5) is 24.8. The maximum Gasteiger partial charge on any atom is 0.431 e. The van der Waals surface area contributed by atoms with E-state index in [-0.39, 0.29) is 33.4 Å². The van der Waals surface area contributed by atoms with Crippen molar-refractivity contribution in [3.8, 4) is 11.4 Å². The fraction of sp³-hybridized carbons (Fsp3) is 0.304. The predicted octanol–water partition coefficient (Wildman–Crippen LogP) is 5.22.